The molecular formula is C13H9BrF3NO. The van der Waals surface area contributed by atoms with Gasteiger partial charge in [-0.1, -0.05) is 15.9 Å². The van der Waals surface area contributed by atoms with Crippen LogP contribution in [0.5, 0.6) is 0 Å². The normalized spacial score (nSPS) is 19.6. The van der Waals surface area contributed by atoms with E-state index in [1.54, 1.807) is 0 Å². The number of hydrogen-bond acceptors (Lipinski definition) is 1. The fourth-order valence-electron chi connectivity index (χ4n) is 1.97. The summed E-state index contributed by atoms with van der Waals surface area (Å²) in [5, 5.41) is 0. The quantitative estimate of drug-likeness (QED) is 0.722. The molecule has 1 amide bonds. The highest BCUT2D eigenvalue weighted by molar-refractivity contribution is 9.10. The van der Waals surface area contributed by atoms with Gasteiger partial charge in [0.05, 0.1) is 5.56 Å². The van der Waals surface area contributed by atoms with Gasteiger partial charge in [0.25, 0.3) is 0 Å². The predicted molar refractivity (Wildman–Crippen MR) is 68.4 cm³/mol. The number of halogens is 4. The Bertz CT molecular complexity index is 562. The largest absolute Gasteiger partial charge is 0.417 e. The van der Waals surface area contributed by atoms with Crippen LogP contribution in [0.3, 0.4) is 0 Å². The number of carbonyl (C=O) groups excluding carboxylic acids is 1. The van der Waals surface area contributed by atoms with E-state index < -0.39 is 11.7 Å². The summed E-state index contributed by atoms with van der Waals surface area (Å²) in [5.41, 5.74) is -0.583. The molecule has 1 aromatic carbocycles. The Hall–Kier alpha value is -1.48. The van der Waals surface area contributed by atoms with Crippen LogP contribution in [0.1, 0.15) is 12.0 Å². The molecular weight excluding hydrogens is 323 g/mol. The molecule has 19 heavy (non-hydrogen) atoms. The first-order chi connectivity index (χ1) is 8.82. The second-order valence-corrected chi connectivity index (χ2v) is 5.09. The lowest BCUT2D eigenvalue weighted by Crippen LogP contribution is -2.24. The van der Waals surface area contributed by atoms with Gasteiger partial charge in [-0.2, -0.15) is 13.2 Å². The summed E-state index contributed by atoms with van der Waals surface area (Å²) in [4.78, 5) is 13.0. The van der Waals surface area contributed by atoms with E-state index >= 15 is 0 Å². The number of carbonyl (C=O) groups is 1. The lowest BCUT2D eigenvalue weighted by Gasteiger charge is -2.18. The van der Waals surface area contributed by atoms with Crippen molar-refractivity contribution in [3.05, 3.63) is 28.2 Å². The van der Waals surface area contributed by atoms with Gasteiger partial charge in [0.15, 0.2) is 0 Å². The average molecular weight is 332 g/mol. The van der Waals surface area contributed by atoms with Gasteiger partial charge in [-0.25, -0.2) is 0 Å². The minimum atomic E-state index is -4.47. The molecule has 1 fully saturated rings. The summed E-state index contributed by atoms with van der Waals surface area (Å²) in [6.45, 7) is 0.258. The van der Waals surface area contributed by atoms with E-state index in [0.29, 0.717) is 0 Å². The molecule has 1 saturated heterocycles. The number of terminal acetylenes is 1. The smallest absolute Gasteiger partial charge is 0.311 e. The second-order valence-electron chi connectivity index (χ2n) is 4.23. The maximum Gasteiger partial charge on any atom is 0.417 e. The second kappa shape index (κ2) is 4.89. The van der Waals surface area contributed by atoms with E-state index in [2.05, 4.69) is 21.9 Å². The molecule has 100 valence electrons. The summed E-state index contributed by atoms with van der Waals surface area (Å²) in [6.07, 6.45) is 0.949. The molecule has 1 aliphatic heterocycles. The topological polar surface area (TPSA) is 20.3 Å². The van der Waals surface area contributed by atoms with Gasteiger partial charge in [-0.3, -0.25) is 4.79 Å². The highest BCUT2D eigenvalue weighted by Gasteiger charge is 2.35. The highest BCUT2D eigenvalue weighted by Crippen LogP contribution is 2.38. The number of anilines is 1. The van der Waals surface area contributed by atoms with Crippen molar-refractivity contribution >= 4 is 27.5 Å². The van der Waals surface area contributed by atoms with Crippen molar-refractivity contribution < 1.29 is 18.0 Å². The summed E-state index contributed by atoms with van der Waals surface area (Å²) >= 11 is 2.86. The third kappa shape index (κ3) is 2.76. The molecule has 0 bridgehead atoms. The van der Waals surface area contributed by atoms with Crippen molar-refractivity contribution in [1.82, 2.24) is 0 Å². The maximum atomic E-state index is 12.8. The number of amides is 1. The third-order valence-corrected chi connectivity index (χ3v) is 3.62. The Morgan fingerprint density at radius 2 is 2.11 bits per heavy atom. The third-order valence-electron chi connectivity index (χ3n) is 2.93. The highest BCUT2D eigenvalue weighted by atomic mass is 79.9. The van der Waals surface area contributed by atoms with Crippen molar-refractivity contribution in [1.29, 1.82) is 0 Å². The maximum absolute atomic E-state index is 12.8. The SMILES string of the molecule is C#CC1CC(=O)N(c2ccc(Br)c(C(F)(F)F)c2)C1. The monoisotopic (exact) mass is 331 g/mol. The van der Waals surface area contributed by atoms with Gasteiger partial charge in [0, 0.05) is 29.0 Å². The van der Waals surface area contributed by atoms with Crippen molar-refractivity contribution in [3.8, 4) is 12.3 Å². The molecule has 1 atom stereocenters. The van der Waals surface area contributed by atoms with Crippen LogP contribution in [-0.4, -0.2) is 12.5 Å². The number of benzene rings is 1. The van der Waals surface area contributed by atoms with E-state index in [4.69, 9.17) is 6.42 Å². The Kier molecular flexibility index (Phi) is 3.59. The molecule has 1 unspecified atom stereocenters. The minimum absolute atomic E-state index is 0.0519. The van der Waals surface area contributed by atoms with Crippen molar-refractivity contribution in [2.45, 2.75) is 12.6 Å². The molecule has 0 spiro atoms. The Morgan fingerprint density at radius 1 is 1.42 bits per heavy atom. The molecule has 6 heteroatoms. The van der Waals surface area contributed by atoms with E-state index in [1.807, 2.05) is 0 Å². The zero-order chi connectivity index (χ0) is 14.2. The van der Waals surface area contributed by atoms with Gasteiger partial charge >= 0.3 is 6.18 Å². The molecule has 0 N–H and O–H groups in total. The fraction of sp³-hybridized carbons (Fsp3) is 0.308. The number of nitrogens with zero attached hydrogens (tertiary/aromatic N) is 1. The molecule has 0 aliphatic carbocycles. The lowest BCUT2D eigenvalue weighted by molar-refractivity contribution is -0.138. The molecule has 1 aromatic rings. The van der Waals surface area contributed by atoms with Crippen LogP contribution >= 0.6 is 15.9 Å². The first-order valence-electron chi connectivity index (χ1n) is 5.46. The van der Waals surface area contributed by atoms with E-state index in [1.165, 1.54) is 17.0 Å². The van der Waals surface area contributed by atoms with Gasteiger partial charge in [0.2, 0.25) is 5.91 Å². The fourth-order valence-corrected chi connectivity index (χ4v) is 2.44. The Morgan fingerprint density at radius 3 is 2.63 bits per heavy atom. The number of alkyl halides is 3. The molecule has 1 aliphatic rings. The van der Waals surface area contributed by atoms with E-state index in [-0.39, 0.29) is 35.0 Å². The molecule has 0 aromatic heterocycles. The molecule has 2 nitrogen and oxygen atoms in total. The molecule has 0 saturated carbocycles. The summed E-state index contributed by atoms with van der Waals surface area (Å²) < 4.78 is 38.3. The van der Waals surface area contributed by atoms with Gasteiger partial charge < -0.3 is 4.90 Å². The summed E-state index contributed by atoms with van der Waals surface area (Å²) in [6, 6.07) is 3.71. The zero-order valence-electron chi connectivity index (χ0n) is 9.67. The van der Waals surface area contributed by atoms with Crippen LogP contribution in [-0.2, 0) is 11.0 Å². The number of hydrogen-bond donors (Lipinski definition) is 0. The van der Waals surface area contributed by atoms with Crippen LogP contribution in [0.15, 0.2) is 22.7 Å². The average Bonchev–Trinajstić information content (AvgIpc) is 2.70. The van der Waals surface area contributed by atoms with Crippen molar-refractivity contribution in [2.24, 2.45) is 5.92 Å². The van der Waals surface area contributed by atoms with Crippen LogP contribution in [0, 0.1) is 18.3 Å². The first kappa shape index (κ1) is 13.9. The molecule has 1 heterocycles. The summed E-state index contributed by atoms with van der Waals surface area (Å²) in [5.74, 6) is 1.96. The Balaban J connectivity index is 2.38. The number of rotatable bonds is 1. The standard InChI is InChI=1S/C13H9BrF3NO/c1-2-8-5-12(19)18(7-8)9-3-4-11(14)10(6-9)13(15,16)17/h1,3-4,6,8H,5,7H2. The predicted octanol–water partition coefficient (Wildman–Crippen LogP) is 3.45. The van der Waals surface area contributed by atoms with Crippen LogP contribution in [0.25, 0.3) is 0 Å². The minimum Gasteiger partial charge on any atom is -0.311 e. The van der Waals surface area contributed by atoms with E-state index in [9.17, 15) is 18.0 Å². The van der Waals surface area contributed by atoms with Crippen molar-refractivity contribution in [3.63, 3.8) is 0 Å². The van der Waals surface area contributed by atoms with Crippen LogP contribution < -0.4 is 4.90 Å². The molecule has 2 rings (SSSR count). The van der Waals surface area contributed by atoms with Crippen molar-refractivity contribution in [2.75, 3.05) is 11.4 Å². The van der Waals surface area contributed by atoms with Crippen LogP contribution in [0.4, 0.5) is 18.9 Å². The van der Waals surface area contributed by atoms with E-state index in [0.717, 1.165) is 6.07 Å². The Labute approximate surface area is 116 Å². The lowest BCUT2D eigenvalue weighted by atomic mass is 10.1. The zero-order valence-corrected chi connectivity index (χ0v) is 11.3. The van der Waals surface area contributed by atoms with Gasteiger partial charge in [-0.15, -0.1) is 12.3 Å². The van der Waals surface area contributed by atoms with Crippen LogP contribution in [0.2, 0.25) is 0 Å². The van der Waals surface area contributed by atoms with Gasteiger partial charge in [-0.05, 0) is 18.2 Å². The summed E-state index contributed by atoms with van der Waals surface area (Å²) in [7, 11) is 0. The molecule has 0 radical (unpaired) electrons. The van der Waals surface area contributed by atoms with Gasteiger partial charge in [0.1, 0.15) is 0 Å². The first-order valence-corrected chi connectivity index (χ1v) is 6.25.